The number of piperidine rings is 1. The highest BCUT2D eigenvalue weighted by Crippen LogP contribution is 2.38. The zero-order chi connectivity index (χ0) is 30.0. The van der Waals surface area contributed by atoms with E-state index < -0.39 is 35.2 Å². The van der Waals surface area contributed by atoms with Gasteiger partial charge in [-0.25, -0.2) is 14.8 Å². The first-order valence-corrected chi connectivity index (χ1v) is 13.8. The Balaban J connectivity index is 2.05. The Kier molecular flexibility index (Phi) is 9.68. The van der Waals surface area contributed by atoms with Crippen LogP contribution in [0, 0.1) is 0 Å². The second kappa shape index (κ2) is 12.1. The maximum Gasteiger partial charge on any atom is 0.416 e. The van der Waals surface area contributed by atoms with Gasteiger partial charge in [0, 0.05) is 37.1 Å². The molecule has 13 heteroatoms. The van der Waals surface area contributed by atoms with Gasteiger partial charge >= 0.3 is 18.4 Å². The molecule has 0 radical (unpaired) electrons. The summed E-state index contributed by atoms with van der Waals surface area (Å²) in [5.41, 5.74) is -3.65. The van der Waals surface area contributed by atoms with Crippen LogP contribution in [-0.2, 0) is 23.6 Å². The normalized spacial score (nSPS) is 20.4. The Morgan fingerprint density at radius 1 is 0.950 bits per heavy atom. The van der Waals surface area contributed by atoms with Crippen molar-refractivity contribution in [3.63, 3.8) is 0 Å². The van der Waals surface area contributed by atoms with Crippen molar-refractivity contribution >= 4 is 28.0 Å². The van der Waals surface area contributed by atoms with E-state index in [0.29, 0.717) is 30.2 Å². The van der Waals surface area contributed by atoms with E-state index in [1.54, 1.807) is 30.6 Å². The molecule has 0 unspecified atom stereocenters. The van der Waals surface area contributed by atoms with Crippen LogP contribution in [0.1, 0.15) is 77.0 Å². The number of alkyl halides is 6. The fraction of sp³-hybridized carbons (Fsp3) is 0.593. The molecular formula is C27H33BrF6N4O2. The molecule has 222 valence electrons. The van der Waals surface area contributed by atoms with E-state index in [4.69, 9.17) is 4.74 Å². The number of halogens is 7. The van der Waals surface area contributed by atoms with E-state index >= 15 is 0 Å². The molecule has 3 rings (SSSR count). The number of anilines is 1. The first-order chi connectivity index (χ1) is 18.4. The Morgan fingerprint density at radius 3 is 1.82 bits per heavy atom. The molecule has 3 atom stereocenters. The van der Waals surface area contributed by atoms with E-state index in [1.807, 2.05) is 13.8 Å². The van der Waals surface area contributed by atoms with Crippen molar-refractivity contribution in [3.8, 4) is 0 Å². The summed E-state index contributed by atoms with van der Waals surface area (Å²) in [6, 6.07) is 0.645. The van der Waals surface area contributed by atoms with E-state index in [9.17, 15) is 31.1 Å². The molecule has 2 aromatic rings. The van der Waals surface area contributed by atoms with Crippen molar-refractivity contribution in [2.45, 2.75) is 103 Å². The molecule has 2 heterocycles. The number of ether oxygens (including phenoxy) is 1. The summed E-state index contributed by atoms with van der Waals surface area (Å²) in [5.74, 6) is 0.162. The lowest BCUT2D eigenvalue weighted by Crippen LogP contribution is -2.57. The van der Waals surface area contributed by atoms with Gasteiger partial charge in [0.1, 0.15) is 5.60 Å². The van der Waals surface area contributed by atoms with E-state index in [1.165, 1.54) is 12.4 Å². The van der Waals surface area contributed by atoms with Crippen LogP contribution in [0.25, 0.3) is 0 Å². The fourth-order valence-electron chi connectivity index (χ4n) is 4.97. The summed E-state index contributed by atoms with van der Waals surface area (Å²) in [4.78, 5) is 25.1. The van der Waals surface area contributed by atoms with Gasteiger partial charge in [-0.05, 0) is 86.1 Å². The van der Waals surface area contributed by atoms with Crippen molar-refractivity contribution in [1.29, 1.82) is 0 Å². The molecule has 6 nitrogen and oxygen atoms in total. The van der Waals surface area contributed by atoms with Crippen molar-refractivity contribution < 1.29 is 35.9 Å². The summed E-state index contributed by atoms with van der Waals surface area (Å²) in [6.07, 6.45) is -5.51. The van der Waals surface area contributed by atoms with Gasteiger partial charge in [0.2, 0.25) is 5.95 Å². The number of hydrogen-bond donors (Lipinski definition) is 0. The van der Waals surface area contributed by atoms with Crippen LogP contribution >= 0.6 is 15.9 Å². The van der Waals surface area contributed by atoms with Gasteiger partial charge < -0.3 is 14.5 Å². The van der Waals surface area contributed by atoms with Gasteiger partial charge in [-0.2, -0.15) is 26.3 Å². The number of carbonyl (C=O) groups excluding carboxylic acids is 1. The molecule has 0 bridgehead atoms. The quantitative estimate of drug-likeness (QED) is 0.298. The smallest absolute Gasteiger partial charge is 0.416 e. The molecule has 0 spiro atoms. The number of hydrogen-bond acceptors (Lipinski definition) is 5. The zero-order valence-corrected chi connectivity index (χ0v) is 24.5. The number of aromatic nitrogens is 2. The molecule has 1 aromatic carbocycles. The second-order valence-electron chi connectivity index (χ2n) is 10.9. The Labute approximate surface area is 238 Å². The average Bonchev–Trinajstić information content (AvgIpc) is 2.84. The first kappa shape index (κ1) is 32.0. The van der Waals surface area contributed by atoms with E-state index in [-0.39, 0.29) is 42.2 Å². The predicted octanol–water partition coefficient (Wildman–Crippen LogP) is 8.24. The van der Waals surface area contributed by atoms with Crippen LogP contribution in [0.15, 0.2) is 35.1 Å². The van der Waals surface area contributed by atoms with Crippen LogP contribution in [-0.4, -0.2) is 44.7 Å². The molecule has 0 aliphatic carbocycles. The van der Waals surface area contributed by atoms with Gasteiger partial charge in [0.25, 0.3) is 0 Å². The third-order valence-electron chi connectivity index (χ3n) is 6.73. The van der Waals surface area contributed by atoms with Crippen LogP contribution < -0.4 is 4.90 Å². The van der Waals surface area contributed by atoms with Crippen LogP contribution in [0.2, 0.25) is 0 Å². The number of rotatable bonds is 6. The molecule has 1 aromatic heterocycles. The van der Waals surface area contributed by atoms with Crippen molar-refractivity contribution in [1.82, 2.24) is 14.9 Å². The maximum absolute atomic E-state index is 13.6. The topological polar surface area (TPSA) is 58.6 Å². The number of nitrogens with zero attached hydrogens (tertiary/aromatic N) is 4. The van der Waals surface area contributed by atoms with Gasteiger partial charge in [0.05, 0.1) is 15.6 Å². The largest absolute Gasteiger partial charge is 0.444 e. The van der Waals surface area contributed by atoms with Crippen LogP contribution in [0.3, 0.4) is 0 Å². The van der Waals surface area contributed by atoms with Crippen LogP contribution in [0.4, 0.5) is 37.1 Å². The molecular weight excluding hydrogens is 606 g/mol. The van der Waals surface area contributed by atoms with Crippen molar-refractivity contribution in [2.75, 3.05) is 4.90 Å². The number of likely N-dealkylation sites (tertiary alicyclic amines) is 1. The summed E-state index contributed by atoms with van der Waals surface area (Å²) < 4.78 is 87.6. The molecule has 0 saturated carbocycles. The van der Waals surface area contributed by atoms with Gasteiger partial charge in [0.15, 0.2) is 0 Å². The third kappa shape index (κ3) is 8.01. The third-order valence-corrected chi connectivity index (χ3v) is 7.14. The predicted molar refractivity (Wildman–Crippen MR) is 142 cm³/mol. The summed E-state index contributed by atoms with van der Waals surface area (Å²) in [7, 11) is 0. The lowest BCUT2D eigenvalue weighted by Gasteiger charge is -2.48. The van der Waals surface area contributed by atoms with Crippen molar-refractivity contribution in [3.05, 3.63) is 51.8 Å². The number of benzene rings is 1. The molecule has 1 amide bonds. The minimum absolute atomic E-state index is 0.115. The van der Waals surface area contributed by atoms with E-state index in [2.05, 4.69) is 25.9 Å². The summed E-state index contributed by atoms with van der Waals surface area (Å²) in [5, 5.41) is 0. The van der Waals surface area contributed by atoms with E-state index in [0.717, 1.165) is 12.1 Å². The highest BCUT2D eigenvalue weighted by atomic mass is 79.9. The number of carbonyl (C=O) groups is 1. The minimum atomic E-state index is -4.96. The molecule has 0 N–H and O–H groups in total. The van der Waals surface area contributed by atoms with Gasteiger partial charge in [-0.1, -0.05) is 13.8 Å². The maximum atomic E-state index is 13.6. The Hall–Kier alpha value is -2.57. The van der Waals surface area contributed by atoms with Gasteiger partial charge in [-0.3, -0.25) is 0 Å². The highest BCUT2D eigenvalue weighted by Gasteiger charge is 2.42. The lowest BCUT2D eigenvalue weighted by atomic mass is 9.87. The second-order valence-corrected chi connectivity index (χ2v) is 11.8. The molecule has 1 fully saturated rings. The summed E-state index contributed by atoms with van der Waals surface area (Å²) >= 11 is 3.26. The molecule has 1 aliphatic heterocycles. The Morgan fingerprint density at radius 2 is 1.43 bits per heavy atom. The fourth-order valence-corrected chi connectivity index (χ4v) is 5.17. The zero-order valence-electron chi connectivity index (χ0n) is 22.9. The van der Waals surface area contributed by atoms with Crippen molar-refractivity contribution in [2.24, 2.45) is 0 Å². The Bertz CT molecular complexity index is 1120. The standard InChI is InChI=1S/C27H33BrF6N4O2/c1-6-20-11-22(12-21(7-2)38(20)24(39)40-25(3,4)5)37(23-35-13-19(28)14-36-23)15-16-8-17(26(29,30)31)10-18(9-16)27(32,33)34/h8-10,13-14,20-22H,6-7,11-12,15H2,1-5H3/t20-,21+,22+. The monoisotopic (exact) mass is 638 g/mol. The molecule has 40 heavy (non-hydrogen) atoms. The highest BCUT2D eigenvalue weighted by molar-refractivity contribution is 9.10. The molecule has 1 saturated heterocycles. The average molecular weight is 639 g/mol. The first-order valence-electron chi connectivity index (χ1n) is 13.0. The summed E-state index contributed by atoms with van der Waals surface area (Å²) in [6.45, 7) is 8.86. The van der Waals surface area contributed by atoms with Gasteiger partial charge in [-0.15, -0.1) is 0 Å². The number of amides is 1. The SMILES string of the molecule is CC[C@@H]1C[C@H](N(Cc2cc(C(F)(F)F)cc(C(F)(F)F)c2)c2ncc(Br)cn2)C[C@H](CC)N1C(=O)OC(C)(C)C. The molecule has 1 aliphatic rings. The minimum Gasteiger partial charge on any atom is -0.444 e. The van der Waals surface area contributed by atoms with Crippen LogP contribution in [0.5, 0.6) is 0 Å². The lowest BCUT2D eigenvalue weighted by molar-refractivity contribution is -0.143.